The van der Waals surface area contributed by atoms with Crippen LogP contribution in [-0.4, -0.2) is 18.8 Å². The minimum Gasteiger partial charge on any atom is -0.493 e. The molecule has 0 aliphatic carbocycles. The number of aliphatic hydroxyl groups is 1. The summed E-state index contributed by atoms with van der Waals surface area (Å²) in [4.78, 5) is 0. The number of hydrogen-bond donors (Lipinski definition) is 1. The van der Waals surface area contributed by atoms with Crippen molar-refractivity contribution in [2.75, 3.05) is 13.7 Å². The highest BCUT2D eigenvalue weighted by atomic mass is 16.5. The van der Waals surface area contributed by atoms with Crippen molar-refractivity contribution in [1.82, 2.24) is 0 Å². The van der Waals surface area contributed by atoms with E-state index in [1.54, 1.807) is 7.11 Å². The molecular weight excluding hydrogens is 216 g/mol. The Morgan fingerprint density at radius 1 is 1.24 bits per heavy atom. The van der Waals surface area contributed by atoms with E-state index in [1.165, 1.54) is 0 Å². The van der Waals surface area contributed by atoms with Crippen LogP contribution in [0.1, 0.15) is 25.0 Å². The Kier molecular flexibility index (Phi) is 5.57. The zero-order chi connectivity index (χ0) is 12.7. The van der Waals surface area contributed by atoms with Crippen LogP contribution in [0.25, 0.3) is 0 Å². The van der Waals surface area contributed by atoms with E-state index in [1.807, 2.05) is 38.1 Å². The van der Waals surface area contributed by atoms with Gasteiger partial charge in [0.1, 0.15) is 0 Å². The van der Waals surface area contributed by atoms with E-state index < -0.39 is 0 Å². The molecule has 0 saturated heterocycles. The monoisotopic (exact) mass is 236 g/mol. The largest absolute Gasteiger partial charge is 0.493 e. The highest BCUT2D eigenvalue weighted by Crippen LogP contribution is 2.31. The second-order valence-electron chi connectivity index (χ2n) is 3.64. The lowest BCUT2D eigenvalue weighted by Crippen LogP contribution is -2.00. The number of aliphatic hydroxyl groups excluding tert-OH is 1. The molecule has 0 heterocycles. The molecular formula is C14H20O3. The summed E-state index contributed by atoms with van der Waals surface area (Å²) in [6, 6.07) is 3.78. The molecule has 0 unspecified atom stereocenters. The molecule has 0 aromatic heterocycles. The van der Waals surface area contributed by atoms with Crippen LogP contribution in [0.2, 0.25) is 0 Å². The molecule has 0 aliphatic heterocycles. The first-order valence-electron chi connectivity index (χ1n) is 5.81. The standard InChI is InChI=1S/C14H20O3/c1-4-6-7-11-8-13(16-3)14(17-5-2)9-12(11)10-15/h4,6,8-9,15H,5,7,10H2,1-3H3/b6-4+. The molecule has 17 heavy (non-hydrogen) atoms. The first-order chi connectivity index (χ1) is 8.26. The molecule has 0 fully saturated rings. The zero-order valence-electron chi connectivity index (χ0n) is 10.7. The first-order valence-corrected chi connectivity index (χ1v) is 5.81. The number of ether oxygens (including phenoxy) is 2. The van der Waals surface area contributed by atoms with Gasteiger partial charge in [0.05, 0.1) is 20.3 Å². The Morgan fingerprint density at radius 2 is 1.94 bits per heavy atom. The maximum Gasteiger partial charge on any atom is 0.161 e. The summed E-state index contributed by atoms with van der Waals surface area (Å²) in [5.74, 6) is 1.40. The Labute approximate surface area is 103 Å². The number of benzene rings is 1. The van der Waals surface area contributed by atoms with Crippen molar-refractivity contribution < 1.29 is 14.6 Å². The summed E-state index contributed by atoms with van der Waals surface area (Å²) in [6.07, 6.45) is 4.83. The second kappa shape index (κ2) is 6.97. The van der Waals surface area contributed by atoms with Crippen molar-refractivity contribution in [2.45, 2.75) is 26.9 Å². The minimum absolute atomic E-state index is 0.0109. The molecule has 0 atom stereocenters. The fourth-order valence-corrected chi connectivity index (χ4v) is 1.65. The van der Waals surface area contributed by atoms with Crippen molar-refractivity contribution in [3.63, 3.8) is 0 Å². The molecule has 0 radical (unpaired) electrons. The fourth-order valence-electron chi connectivity index (χ4n) is 1.65. The van der Waals surface area contributed by atoms with Gasteiger partial charge < -0.3 is 14.6 Å². The zero-order valence-corrected chi connectivity index (χ0v) is 10.7. The third kappa shape index (κ3) is 3.49. The molecule has 0 amide bonds. The van der Waals surface area contributed by atoms with Crippen LogP contribution in [0.5, 0.6) is 11.5 Å². The molecule has 94 valence electrons. The van der Waals surface area contributed by atoms with Crippen LogP contribution < -0.4 is 9.47 Å². The predicted molar refractivity (Wildman–Crippen MR) is 68.6 cm³/mol. The third-order valence-corrected chi connectivity index (χ3v) is 2.53. The topological polar surface area (TPSA) is 38.7 Å². The molecule has 1 aromatic carbocycles. The fraction of sp³-hybridized carbons (Fsp3) is 0.429. The van der Waals surface area contributed by atoms with Crippen LogP contribution in [0.15, 0.2) is 24.3 Å². The van der Waals surface area contributed by atoms with E-state index in [0.29, 0.717) is 18.1 Å². The highest BCUT2D eigenvalue weighted by molar-refractivity contribution is 5.47. The highest BCUT2D eigenvalue weighted by Gasteiger charge is 2.10. The molecule has 3 nitrogen and oxygen atoms in total. The van der Waals surface area contributed by atoms with Gasteiger partial charge in [-0.05, 0) is 43.5 Å². The average Bonchev–Trinajstić information content (AvgIpc) is 2.36. The molecule has 0 aliphatic rings. The Hall–Kier alpha value is -1.48. The van der Waals surface area contributed by atoms with Crippen molar-refractivity contribution in [2.24, 2.45) is 0 Å². The van der Waals surface area contributed by atoms with Crippen molar-refractivity contribution in [3.05, 3.63) is 35.4 Å². The van der Waals surface area contributed by atoms with E-state index in [2.05, 4.69) is 0 Å². The van der Waals surface area contributed by atoms with Crippen LogP contribution in [-0.2, 0) is 13.0 Å². The summed E-state index contributed by atoms with van der Waals surface area (Å²) < 4.78 is 10.8. The molecule has 1 aromatic rings. The quantitative estimate of drug-likeness (QED) is 0.772. The lowest BCUT2D eigenvalue weighted by Gasteiger charge is -2.13. The van der Waals surface area contributed by atoms with Crippen molar-refractivity contribution in [3.8, 4) is 11.5 Å². The molecule has 0 spiro atoms. The predicted octanol–water partition coefficient (Wildman–Crippen LogP) is 2.70. The van der Waals surface area contributed by atoms with Gasteiger partial charge in [0.15, 0.2) is 11.5 Å². The Bertz CT molecular complexity index is 383. The normalized spacial score (nSPS) is 10.8. The lowest BCUT2D eigenvalue weighted by atomic mass is 10.0. The number of rotatable bonds is 6. The minimum atomic E-state index is 0.0109. The van der Waals surface area contributed by atoms with E-state index in [9.17, 15) is 5.11 Å². The van der Waals surface area contributed by atoms with Gasteiger partial charge >= 0.3 is 0 Å². The second-order valence-corrected chi connectivity index (χ2v) is 3.64. The summed E-state index contributed by atoms with van der Waals surface area (Å²) in [7, 11) is 1.62. The summed E-state index contributed by atoms with van der Waals surface area (Å²) >= 11 is 0. The Balaban J connectivity index is 3.12. The van der Waals surface area contributed by atoms with E-state index >= 15 is 0 Å². The van der Waals surface area contributed by atoms with E-state index in [0.717, 1.165) is 17.5 Å². The number of hydrogen-bond acceptors (Lipinski definition) is 3. The molecule has 1 rings (SSSR count). The van der Waals surface area contributed by atoms with Crippen molar-refractivity contribution in [1.29, 1.82) is 0 Å². The average molecular weight is 236 g/mol. The van der Waals surface area contributed by atoms with Crippen LogP contribution >= 0.6 is 0 Å². The van der Waals surface area contributed by atoms with Crippen LogP contribution in [0, 0.1) is 0 Å². The van der Waals surface area contributed by atoms with Gasteiger partial charge in [-0.2, -0.15) is 0 Å². The first kappa shape index (κ1) is 13.6. The van der Waals surface area contributed by atoms with Gasteiger partial charge in [0.25, 0.3) is 0 Å². The van der Waals surface area contributed by atoms with Gasteiger partial charge in [-0.3, -0.25) is 0 Å². The maximum atomic E-state index is 9.35. The van der Waals surface area contributed by atoms with Gasteiger partial charge in [-0.25, -0.2) is 0 Å². The van der Waals surface area contributed by atoms with Crippen molar-refractivity contribution >= 4 is 0 Å². The van der Waals surface area contributed by atoms with Gasteiger partial charge in [0, 0.05) is 0 Å². The third-order valence-electron chi connectivity index (χ3n) is 2.53. The van der Waals surface area contributed by atoms with Crippen LogP contribution in [0.4, 0.5) is 0 Å². The number of allylic oxidation sites excluding steroid dienone is 2. The lowest BCUT2D eigenvalue weighted by molar-refractivity contribution is 0.276. The maximum absolute atomic E-state index is 9.35. The van der Waals surface area contributed by atoms with Gasteiger partial charge in [-0.15, -0.1) is 0 Å². The summed E-state index contributed by atoms with van der Waals surface area (Å²) in [6.45, 7) is 4.49. The van der Waals surface area contributed by atoms with Gasteiger partial charge in [-0.1, -0.05) is 12.2 Å². The van der Waals surface area contributed by atoms with Crippen LogP contribution in [0.3, 0.4) is 0 Å². The SMILES string of the molecule is C/C=C/Cc1cc(OC)c(OCC)cc1CO. The van der Waals surface area contributed by atoms with E-state index in [-0.39, 0.29) is 6.61 Å². The molecule has 1 N–H and O–H groups in total. The molecule has 3 heteroatoms. The molecule has 0 saturated carbocycles. The summed E-state index contributed by atoms with van der Waals surface area (Å²) in [5.41, 5.74) is 1.94. The number of methoxy groups -OCH3 is 1. The summed E-state index contributed by atoms with van der Waals surface area (Å²) in [5, 5.41) is 9.35. The molecule has 0 bridgehead atoms. The van der Waals surface area contributed by atoms with E-state index in [4.69, 9.17) is 9.47 Å². The van der Waals surface area contributed by atoms with Gasteiger partial charge in [0.2, 0.25) is 0 Å². The smallest absolute Gasteiger partial charge is 0.161 e. The Morgan fingerprint density at radius 3 is 2.47 bits per heavy atom.